The molecular weight excluding hydrogens is 280 g/mol. The molecule has 4 heteroatoms. The van der Waals surface area contributed by atoms with E-state index >= 15 is 0 Å². The van der Waals surface area contributed by atoms with Crippen LogP contribution < -0.4 is 5.32 Å². The van der Waals surface area contributed by atoms with Crippen LogP contribution >= 0.6 is 11.8 Å². The van der Waals surface area contributed by atoms with Crippen molar-refractivity contribution in [3.63, 3.8) is 0 Å². The number of rotatable bonds is 6. The van der Waals surface area contributed by atoms with Crippen LogP contribution in [0.1, 0.15) is 44.8 Å². The molecule has 1 aliphatic rings. The average Bonchev–Trinajstić information content (AvgIpc) is 2.68. The number of aryl methyl sites for hydroxylation is 1. The molecule has 120 valence electrons. The highest BCUT2D eigenvalue weighted by molar-refractivity contribution is 8.00. The quantitative estimate of drug-likeness (QED) is 0.868. The summed E-state index contributed by atoms with van der Waals surface area (Å²) in [6.45, 7) is 16.4. The van der Waals surface area contributed by atoms with Gasteiger partial charge in [-0.15, -0.1) is 0 Å². The predicted octanol–water partition coefficient (Wildman–Crippen LogP) is 3.66. The first kappa shape index (κ1) is 16.9. The molecule has 0 spiro atoms. The second-order valence-corrected chi connectivity index (χ2v) is 8.94. The van der Waals surface area contributed by atoms with E-state index in [1.165, 1.54) is 11.3 Å². The molecule has 0 atom stereocenters. The van der Waals surface area contributed by atoms with Gasteiger partial charge in [-0.3, -0.25) is 4.90 Å². The van der Waals surface area contributed by atoms with Crippen molar-refractivity contribution < 1.29 is 4.42 Å². The van der Waals surface area contributed by atoms with Gasteiger partial charge in [0, 0.05) is 35.7 Å². The molecule has 0 aliphatic carbocycles. The second kappa shape index (κ2) is 7.21. The zero-order valence-corrected chi connectivity index (χ0v) is 15.0. The monoisotopic (exact) mass is 310 g/mol. The lowest BCUT2D eigenvalue weighted by Crippen LogP contribution is -2.42. The smallest absolute Gasteiger partial charge is 0.118 e. The fourth-order valence-electron chi connectivity index (χ4n) is 2.81. The largest absolute Gasteiger partial charge is 0.465 e. The van der Waals surface area contributed by atoms with E-state index < -0.39 is 0 Å². The Morgan fingerprint density at radius 3 is 2.86 bits per heavy atom. The highest BCUT2D eigenvalue weighted by Gasteiger charge is 2.27. The van der Waals surface area contributed by atoms with Crippen molar-refractivity contribution in [2.24, 2.45) is 5.92 Å². The van der Waals surface area contributed by atoms with Crippen molar-refractivity contribution in [3.8, 4) is 0 Å². The summed E-state index contributed by atoms with van der Waals surface area (Å²) in [5.41, 5.74) is 1.30. The van der Waals surface area contributed by atoms with Gasteiger partial charge in [-0.05, 0) is 39.3 Å². The number of nitrogens with zero attached hydrogens (tertiary/aromatic N) is 1. The Balaban J connectivity index is 1.89. The minimum Gasteiger partial charge on any atom is -0.465 e. The van der Waals surface area contributed by atoms with Gasteiger partial charge in [-0.2, -0.15) is 11.8 Å². The Morgan fingerprint density at radius 2 is 2.19 bits per heavy atom. The minimum absolute atomic E-state index is 0.363. The van der Waals surface area contributed by atoms with Gasteiger partial charge < -0.3 is 9.73 Å². The second-order valence-electron chi connectivity index (χ2n) is 7.14. The maximum Gasteiger partial charge on any atom is 0.118 e. The van der Waals surface area contributed by atoms with Crippen LogP contribution in [0.5, 0.6) is 0 Å². The normalized spacial score (nSPS) is 19.3. The predicted molar refractivity (Wildman–Crippen MR) is 91.8 cm³/mol. The van der Waals surface area contributed by atoms with Crippen molar-refractivity contribution in [2.45, 2.75) is 52.5 Å². The molecule has 3 nitrogen and oxygen atoms in total. The summed E-state index contributed by atoms with van der Waals surface area (Å²) in [5.74, 6) is 4.07. The molecule has 1 aliphatic heterocycles. The van der Waals surface area contributed by atoms with Crippen LogP contribution in [0.15, 0.2) is 10.5 Å². The van der Waals surface area contributed by atoms with Gasteiger partial charge in [-0.25, -0.2) is 0 Å². The van der Waals surface area contributed by atoms with Gasteiger partial charge in [0.15, 0.2) is 0 Å². The van der Waals surface area contributed by atoms with Gasteiger partial charge in [-0.1, -0.05) is 13.8 Å². The van der Waals surface area contributed by atoms with E-state index in [9.17, 15) is 0 Å². The van der Waals surface area contributed by atoms with Gasteiger partial charge in [0.05, 0.1) is 6.54 Å². The van der Waals surface area contributed by atoms with Crippen LogP contribution in [0.4, 0.5) is 0 Å². The molecule has 1 saturated heterocycles. The van der Waals surface area contributed by atoms with E-state index in [1.54, 1.807) is 0 Å². The Labute approximate surface area is 133 Å². The highest BCUT2D eigenvalue weighted by Crippen LogP contribution is 2.30. The summed E-state index contributed by atoms with van der Waals surface area (Å²) in [5, 5.41) is 3.50. The van der Waals surface area contributed by atoms with Gasteiger partial charge in [0.25, 0.3) is 0 Å². The lowest BCUT2D eigenvalue weighted by Gasteiger charge is -2.37. The third-order valence-corrected chi connectivity index (χ3v) is 5.12. The van der Waals surface area contributed by atoms with Crippen LogP contribution in [0.25, 0.3) is 0 Å². The van der Waals surface area contributed by atoms with Crippen LogP contribution in [-0.4, -0.2) is 35.0 Å². The average molecular weight is 311 g/mol. The molecule has 1 aromatic rings. The molecule has 0 aromatic carbocycles. The summed E-state index contributed by atoms with van der Waals surface area (Å²) in [6, 6.07) is 2.23. The van der Waals surface area contributed by atoms with Gasteiger partial charge >= 0.3 is 0 Å². The van der Waals surface area contributed by atoms with Crippen molar-refractivity contribution in [3.05, 3.63) is 23.2 Å². The van der Waals surface area contributed by atoms with Crippen molar-refractivity contribution in [1.29, 1.82) is 0 Å². The van der Waals surface area contributed by atoms with Crippen molar-refractivity contribution in [1.82, 2.24) is 10.2 Å². The lowest BCUT2D eigenvalue weighted by atomic mass is 10.1. The first-order valence-corrected chi connectivity index (χ1v) is 8.99. The minimum atomic E-state index is 0.363. The van der Waals surface area contributed by atoms with E-state index in [4.69, 9.17) is 4.42 Å². The Kier molecular flexibility index (Phi) is 5.81. The summed E-state index contributed by atoms with van der Waals surface area (Å²) in [6.07, 6.45) is 0. The SMILES string of the molecule is Cc1oc(CN2CCSC(C)(C)C2)cc1CNCC(C)C. The summed E-state index contributed by atoms with van der Waals surface area (Å²) >= 11 is 2.07. The Morgan fingerprint density at radius 1 is 1.43 bits per heavy atom. The van der Waals surface area contributed by atoms with Crippen molar-refractivity contribution in [2.75, 3.05) is 25.4 Å². The third-order valence-electron chi connectivity index (χ3n) is 3.82. The molecule has 0 saturated carbocycles. The molecule has 1 N–H and O–H groups in total. The van der Waals surface area contributed by atoms with Gasteiger partial charge in [0.1, 0.15) is 11.5 Å². The topological polar surface area (TPSA) is 28.4 Å². The van der Waals surface area contributed by atoms with E-state index in [-0.39, 0.29) is 0 Å². The summed E-state index contributed by atoms with van der Waals surface area (Å²) in [4.78, 5) is 2.51. The first-order chi connectivity index (χ1) is 9.85. The standard InChI is InChI=1S/C17H30N2OS/c1-13(2)9-18-10-15-8-16(20-14(15)3)11-19-6-7-21-17(4,5)12-19/h8,13,18H,6-7,9-12H2,1-5H3. The van der Waals surface area contributed by atoms with Crippen molar-refractivity contribution >= 4 is 11.8 Å². The molecule has 21 heavy (non-hydrogen) atoms. The van der Waals surface area contributed by atoms with Crippen LogP contribution in [0.3, 0.4) is 0 Å². The summed E-state index contributed by atoms with van der Waals surface area (Å²) in [7, 11) is 0. The maximum absolute atomic E-state index is 5.95. The van der Waals surface area contributed by atoms with E-state index in [1.807, 2.05) is 0 Å². The molecule has 0 radical (unpaired) electrons. The Hall–Kier alpha value is -0.450. The number of furan rings is 1. The van der Waals surface area contributed by atoms with Crippen LogP contribution in [-0.2, 0) is 13.1 Å². The summed E-state index contributed by atoms with van der Waals surface area (Å²) < 4.78 is 6.32. The first-order valence-electron chi connectivity index (χ1n) is 8.01. The van der Waals surface area contributed by atoms with E-state index in [0.29, 0.717) is 10.7 Å². The zero-order chi connectivity index (χ0) is 15.5. The van der Waals surface area contributed by atoms with Crippen LogP contribution in [0, 0.1) is 12.8 Å². The molecule has 0 unspecified atom stereocenters. The zero-order valence-electron chi connectivity index (χ0n) is 14.2. The molecule has 2 heterocycles. The molecular formula is C17H30N2OS. The van der Waals surface area contributed by atoms with Crippen LogP contribution in [0.2, 0.25) is 0 Å². The molecule has 1 fully saturated rings. The number of hydrogen-bond acceptors (Lipinski definition) is 4. The number of hydrogen-bond donors (Lipinski definition) is 1. The van der Waals surface area contributed by atoms with E-state index in [2.05, 4.69) is 62.7 Å². The molecule has 2 rings (SSSR count). The molecule has 0 bridgehead atoms. The number of nitrogens with one attached hydrogen (secondary N) is 1. The Bertz CT molecular complexity index is 454. The molecule has 1 aromatic heterocycles. The maximum atomic E-state index is 5.95. The fraction of sp³-hybridized carbons (Fsp3) is 0.765. The third kappa shape index (κ3) is 5.35. The lowest BCUT2D eigenvalue weighted by molar-refractivity contribution is 0.231. The molecule has 0 amide bonds. The highest BCUT2D eigenvalue weighted by atomic mass is 32.2. The fourth-order valence-corrected chi connectivity index (χ4v) is 3.98. The van der Waals surface area contributed by atoms with E-state index in [0.717, 1.165) is 44.2 Å². The van der Waals surface area contributed by atoms with Gasteiger partial charge in [0.2, 0.25) is 0 Å². The number of thioether (sulfide) groups is 1.